The fraction of sp³-hybridized carbons (Fsp3) is 0.667. The first-order valence-corrected chi connectivity index (χ1v) is 9.15. The summed E-state index contributed by atoms with van der Waals surface area (Å²) in [7, 11) is 6.38. The van der Waals surface area contributed by atoms with Crippen molar-refractivity contribution >= 4 is 32.9 Å². The van der Waals surface area contributed by atoms with Gasteiger partial charge in [-0.2, -0.15) is 0 Å². The van der Waals surface area contributed by atoms with E-state index in [0.717, 1.165) is 12.6 Å². The number of piperazine rings is 1. The minimum atomic E-state index is 0.287. The summed E-state index contributed by atoms with van der Waals surface area (Å²) in [6, 6.07) is 5.14. The minimum Gasteiger partial charge on any atom is -0.290 e. The summed E-state index contributed by atoms with van der Waals surface area (Å²) >= 11 is 1.88. The summed E-state index contributed by atoms with van der Waals surface area (Å²) in [5, 5.41) is 2.18. The zero-order valence-electron chi connectivity index (χ0n) is 10.3. The zero-order chi connectivity index (χ0) is 11.9. The van der Waals surface area contributed by atoms with Gasteiger partial charge in [0.1, 0.15) is 0 Å². The lowest BCUT2D eigenvalue weighted by Gasteiger charge is -2.47. The second-order valence-electron chi connectivity index (χ2n) is 5.06. The second kappa shape index (κ2) is 4.78. The summed E-state index contributed by atoms with van der Waals surface area (Å²) in [4.78, 5) is 7.00. The van der Waals surface area contributed by atoms with Crippen LogP contribution in [0.2, 0.25) is 0 Å². The Bertz CT molecular complexity index is 381. The molecule has 94 valence electrons. The van der Waals surface area contributed by atoms with Gasteiger partial charge in [-0.25, -0.2) is 0 Å². The molecule has 4 heterocycles. The fourth-order valence-electron chi connectivity index (χ4n) is 2.53. The molecular weight excluding hydrogens is 268 g/mol. The van der Waals surface area contributed by atoms with Crippen LogP contribution in [0.5, 0.6) is 0 Å². The number of fused-ring (bicyclic) bond motifs is 4. The minimum absolute atomic E-state index is 0.287. The predicted octanol–water partition coefficient (Wildman–Crippen LogP) is 2.98. The summed E-state index contributed by atoms with van der Waals surface area (Å²) in [6.07, 6.45) is 0. The van der Waals surface area contributed by atoms with Crippen LogP contribution in [0.25, 0.3) is 0 Å². The van der Waals surface area contributed by atoms with Crippen molar-refractivity contribution in [3.05, 3.63) is 22.4 Å². The van der Waals surface area contributed by atoms with Crippen LogP contribution in [0, 0.1) is 0 Å². The van der Waals surface area contributed by atoms with Gasteiger partial charge in [-0.3, -0.25) is 9.80 Å². The predicted molar refractivity (Wildman–Crippen MR) is 79.6 cm³/mol. The molecule has 5 heteroatoms. The topological polar surface area (TPSA) is 6.48 Å². The Kier molecular flexibility index (Phi) is 3.47. The van der Waals surface area contributed by atoms with E-state index >= 15 is 0 Å². The zero-order valence-corrected chi connectivity index (χ0v) is 12.7. The highest BCUT2D eigenvalue weighted by Crippen LogP contribution is 2.46. The first-order valence-electron chi connectivity index (χ1n) is 5.96. The standard InChI is InChI=1S/C12H18N2S3/c1-12-9-14(7-11-4-3-5-15-11)10(6-13(12)2)8-16-17-12/h3-5,10H,6-9H2,1-2H3. The second-order valence-corrected chi connectivity index (χ2v) is 8.92. The van der Waals surface area contributed by atoms with Crippen LogP contribution in [0.3, 0.4) is 0 Å². The SMILES string of the molecule is CN1CC2CSSC1(C)CN2Cc1cccs1. The molecule has 0 aromatic carbocycles. The molecule has 17 heavy (non-hydrogen) atoms. The van der Waals surface area contributed by atoms with E-state index in [-0.39, 0.29) is 4.87 Å². The molecule has 2 unspecified atom stereocenters. The van der Waals surface area contributed by atoms with Crippen LogP contribution in [0.1, 0.15) is 11.8 Å². The molecule has 3 aliphatic rings. The van der Waals surface area contributed by atoms with Gasteiger partial charge in [0.2, 0.25) is 0 Å². The molecule has 2 atom stereocenters. The van der Waals surface area contributed by atoms with Crippen molar-refractivity contribution in [3.8, 4) is 0 Å². The van der Waals surface area contributed by atoms with Gasteiger partial charge >= 0.3 is 0 Å². The number of likely N-dealkylation sites (N-methyl/N-ethyl adjacent to an activating group) is 1. The molecule has 0 N–H and O–H groups in total. The maximum atomic E-state index is 2.68. The largest absolute Gasteiger partial charge is 0.290 e. The highest BCUT2D eigenvalue weighted by Gasteiger charge is 2.43. The lowest BCUT2D eigenvalue weighted by molar-refractivity contribution is 0.0432. The molecule has 3 saturated heterocycles. The third-order valence-electron chi connectivity index (χ3n) is 3.74. The van der Waals surface area contributed by atoms with Crippen molar-refractivity contribution in [2.75, 3.05) is 25.9 Å². The maximum Gasteiger partial charge on any atom is 0.0871 e. The van der Waals surface area contributed by atoms with Crippen LogP contribution in [0.15, 0.2) is 17.5 Å². The molecule has 3 fully saturated rings. The molecule has 0 aliphatic carbocycles. The van der Waals surface area contributed by atoms with E-state index in [2.05, 4.69) is 62.9 Å². The molecule has 2 nitrogen and oxygen atoms in total. The average Bonchev–Trinajstić information content (AvgIpc) is 2.68. The Labute approximate surface area is 115 Å². The molecule has 2 bridgehead atoms. The summed E-state index contributed by atoms with van der Waals surface area (Å²) in [6.45, 7) is 5.91. The van der Waals surface area contributed by atoms with E-state index in [0.29, 0.717) is 0 Å². The summed E-state index contributed by atoms with van der Waals surface area (Å²) in [5.74, 6) is 1.26. The number of hydrogen-bond acceptors (Lipinski definition) is 5. The fourth-order valence-corrected chi connectivity index (χ4v) is 6.45. The lowest BCUT2D eigenvalue weighted by atomic mass is 10.1. The summed E-state index contributed by atoms with van der Waals surface area (Å²) < 4.78 is 0. The first kappa shape index (κ1) is 12.4. The van der Waals surface area contributed by atoms with Crippen molar-refractivity contribution in [1.29, 1.82) is 0 Å². The van der Waals surface area contributed by atoms with Crippen LogP contribution in [0.4, 0.5) is 0 Å². The van der Waals surface area contributed by atoms with E-state index in [9.17, 15) is 0 Å². The number of rotatable bonds is 2. The Hall–Kier alpha value is 0.320. The van der Waals surface area contributed by atoms with Crippen molar-refractivity contribution in [3.63, 3.8) is 0 Å². The van der Waals surface area contributed by atoms with Crippen LogP contribution < -0.4 is 0 Å². The molecule has 0 radical (unpaired) electrons. The highest BCUT2D eigenvalue weighted by atomic mass is 33.1. The van der Waals surface area contributed by atoms with Gasteiger partial charge in [0.25, 0.3) is 0 Å². The molecule has 4 rings (SSSR count). The van der Waals surface area contributed by atoms with E-state index in [4.69, 9.17) is 0 Å². The monoisotopic (exact) mass is 286 g/mol. The van der Waals surface area contributed by atoms with Crippen molar-refractivity contribution in [2.24, 2.45) is 0 Å². The molecule has 0 amide bonds. The van der Waals surface area contributed by atoms with E-state index in [1.165, 1.54) is 23.7 Å². The maximum absolute atomic E-state index is 2.68. The third-order valence-corrected chi connectivity index (χ3v) is 7.88. The van der Waals surface area contributed by atoms with Gasteiger partial charge in [-0.05, 0) is 25.4 Å². The third kappa shape index (κ3) is 2.40. The Morgan fingerprint density at radius 1 is 1.53 bits per heavy atom. The van der Waals surface area contributed by atoms with Gasteiger partial charge in [0.15, 0.2) is 0 Å². The van der Waals surface area contributed by atoms with Gasteiger partial charge in [-0.1, -0.05) is 27.7 Å². The van der Waals surface area contributed by atoms with Crippen molar-refractivity contribution in [1.82, 2.24) is 9.80 Å². The van der Waals surface area contributed by atoms with Gasteiger partial charge in [-0.15, -0.1) is 11.3 Å². The Balaban J connectivity index is 1.78. The van der Waals surface area contributed by atoms with E-state index in [1.807, 2.05) is 11.3 Å². The molecular formula is C12H18N2S3. The van der Waals surface area contributed by atoms with Crippen molar-refractivity contribution in [2.45, 2.75) is 24.4 Å². The van der Waals surface area contributed by atoms with Crippen LogP contribution >= 0.6 is 32.9 Å². The molecule has 1 aromatic heterocycles. The average molecular weight is 286 g/mol. The van der Waals surface area contributed by atoms with Gasteiger partial charge < -0.3 is 0 Å². The van der Waals surface area contributed by atoms with E-state index in [1.54, 1.807) is 0 Å². The first-order chi connectivity index (χ1) is 8.17. The normalized spacial score (nSPS) is 35.1. The molecule has 1 aromatic rings. The van der Waals surface area contributed by atoms with E-state index < -0.39 is 0 Å². The lowest BCUT2D eigenvalue weighted by Crippen LogP contribution is -2.60. The number of nitrogens with zero attached hydrogens (tertiary/aromatic N) is 2. The Morgan fingerprint density at radius 3 is 3.18 bits per heavy atom. The van der Waals surface area contributed by atoms with Crippen molar-refractivity contribution < 1.29 is 0 Å². The molecule has 0 saturated carbocycles. The Morgan fingerprint density at radius 2 is 2.41 bits per heavy atom. The quantitative estimate of drug-likeness (QED) is 0.771. The molecule has 0 spiro atoms. The van der Waals surface area contributed by atoms with Gasteiger partial charge in [0, 0.05) is 36.3 Å². The van der Waals surface area contributed by atoms with Crippen LogP contribution in [-0.4, -0.2) is 46.6 Å². The van der Waals surface area contributed by atoms with Gasteiger partial charge in [0.05, 0.1) is 4.87 Å². The smallest absolute Gasteiger partial charge is 0.0871 e. The number of thiophene rings is 1. The van der Waals surface area contributed by atoms with Crippen LogP contribution in [-0.2, 0) is 6.54 Å². The highest BCUT2D eigenvalue weighted by molar-refractivity contribution is 8.77. The molecule has 3 aliphatic heterocycles. The number of hydrogen-bond donors (Lipinski definition) is 0. The summed E-state index contributed by atoms with van der Waals surface area (Å²) in [5.41, 5.74) is 0.